The first-order valence-corrected chi connectivity index (χ1v) is 11.4. The monoisotopic (exact) mass is 504 g/mol. The van der Waals surface area contributed by atoms with Gasteiger partial charge in [-0.05, 0) is 37.1 Å². The minimum Gasteiger partial charge on any atom is -0.378 e. The summed E-state index contributed by atoms with van der Waals surface area (Å²) in [7, 11) is 0. The van der Waals surface area contributed by atoms with Gasteiger partial charge in [0.05, 0.1) is 28.0 Å². The fourth-order valence-corrected chi connectivity index (χ4v) is 4.76. The van der Waals surface area contributed by atoms with E-state index >= 15 is 0 Å². The van der Waals surface area contributed by atoms with Gasteiger partial charge in [0.1, 0.15) is 5.69 Å². The van der Waals surface area contributed by atoms with Crippen LogP contribution in [0.4, 0.5) is 30.2 Å². The molecule has 1 aliphatic heterocycles. The molecule has 12 heteroatoms. The highest BCUT2D eigenvalue weighted by Gasteiger charge is 2.47. The number of para-hydroxylation sites is 1. The van der Waals surface area contributed by atoms with Crippen molar-refractivity contribution in [2.45, 2.75) is 31.9 Å². The molecule has 36 heavy (non-hydrogen) atoms. The molecule has 0 bridgehead atoms. The molecule has 0 aromatic heterocycles. The number of benzene rings is 2. The summed E-state index contributed by atoms with van der Waals surface area (Å²) in [6.45, 7) is 0.0978. The Hall–Kier alpha value is -3.96. The van der Waals surface area contributed by atoms with Crippen molar-refractivity contribution in [3.63, 3.8) is 0 Å². The van der Waals surface area contributed by atoms with Crippen molar-refractivity contribution in [1.82, 2.24) is 4.90 Å². The number of carbonyl (C=O) groups excluding carboxylic acids is 3. The topological polar surface area (TPSA) is 122 Å². The Bertz CT molecular complexity index is 1190. The van der Waals surface area contributed by atoms with Crippen molar-refractivity contribution in [3.8, 4) is 0 Å². The molecule has 9 nitrogen and oxygen atoms in total. The van der Waals surface area contributed by atoms with Gasteiger partial charge in [-0.15, -0.1) is 0 Å². The van der Waals surface area contributed by atoms with Crippen molar-refractivity contribution in [3.05, 3.63) is 63.7 Å². The van der Waals surface area contributed by atoms with E-state index in [1.807, 2.05) is 0 Å². The molecule has 1 heterocycles. The molecule has 2 aliphatic rings. The molecule has 0 radical (unpaired) electrons. The van der Waals surface area contributed by atoms with Crippen molar-refractivity contribution < 1.29 is 32.5 Å². The van der Waals surface area contributed by atoms with Gasteiger partial charge in [-0.3, -0.25) is 29.4 Å². The lowest BCUT2D eigenvalue weighted by molar-refractivity contribution is -0.384. The maximum atomic E-state index is 13.2. The molecule has 4 rings (SSSR count). The van der Waals surface area contributed by atoms with Gasteiger partial charge in [0.25, 0.3) is 11.6 Å². The number of amides is 3. The second-order valence-electron chi connectivity index (χ2n) is 8.74. The van der Waals surface area contributed by atoms with Crippen LogP contribution in [0.2, 0.25) is 0 Å². The van der Waals surface area contributed by atoms with Crippen LogP contribution in [-0.4, -0.2) is 40.6 Å². The Balaban J connectivity index is 1.45. The lowest BCUT2D eigenvalue weighted by Crippen LogP contribution is -2.35. The SMILES string of the molecule is O=C(Nc1ccccc1C(F)(F)F)c1ccc(NCCN2C(=O)[C@@H]3CCCC[C@H]3C2=O)c([N+](=O)[O-])c1. The first-order valence-electron chi connectivity index (χ1n) is 11.4. The van der Waals surface area contributed by atoms with Gasteiger partial charge in [-0.2, -0.15) is 13.2 Å². The summed E-state index contributed by atoms with van der Waals surface area (Å²) in [5, 5.41) is 16.6. The summed E-state index contributed by atoms with van der Waals surface area (Å²) in [5.41, 5.74) is -2.15. The van der Waals surface area contributed by atoms with Crippen LogP contribution in [0.25, 0.3) is 0 Å². The van der Waals surface area contributed by atoms with Crippen molar-refractivity contribution in [2.24, 2.45) is 11.8 Å². The van der Waals surface area contributed by atoms with Crippen LogP contribution >= 0.6 is 0 Å². The lowest BCUT2D eigenvalue weighted by Gasteiger charge is -2.19. The van der Waals surface area contributed by atoms with Crippen LogP contribution in [0.1, 0.15) is 41.6 Å². The van der Waals surface area contributed by atoms with Crippen LogP contribution in [0.5, 0.6) is 0 Å². The van der Waals surface area contributed by atoms with E-state index in [0.717, 1.165) is 31.0 Å². The molecule has 2 aromatic carbocycles. The third-order valence-corrected chi connectivity index (χ3v) is 6.52. The molecular weight excluding hydrogens is 481 g/mol. The van der Waals surface area contributed by atoms with Gasteiger partial charge in [-0.25, -0.2) is 0 Å². The van der Waals surface area contributed by atoms with E-state index in [1.54, 1.807) is 0 Å². The third-order valence-electron chi connectivity index (χ3n) is 6.52. The van der Waals surface area contributed by atoms with E-state index in [1.165, 1.54) is 29.2 Å². The van der Waals surface area contributed by atoms with Crippen molar-refractivity contribution in [1.29, 1.82) is 0 Å². The largest absolute Gasteiger partial charge is 0.418 e. The van der Waals surface area contributed by atoms with Gasteiger partial charge in [0, 0.05) is 24.7 Å². The summed E-state index contributed by atoms with van der Waals surface area (Å²) in [6.07, 6.45) is -1.52. The highest BCUT2D eigenvalue weighted by Crippen LogP contribution is 2.38. The zero-order valence-electron chi connectivity index (χ0n) is 19.0. The summed E-state index contributed by atoms with van der Waals surface area (Å²) in [4.78, 5) is 49.8. The fraction of sp³-hybridized carbons (Fsp3) is 0.375. The predicted octanol–water partition coefficient (Wildman–Crippen LogP) is 4.45. The average Bonchev–Trinajstić information content (AvgIpc) is 3.08. The molecule has 1 saturated heterocycles. The van der Waals surface area contributed by atoms with Crippen LogP contribution in [-0.2, 0) is 15.8 Å². The summed E-state index contributed by atoms with van der Waals surface area (Å²) >= 11 is 0. The number of nitro benzene ring substituents is 1. The number of likely N-dealkylation sites (tertiary alicyclic amines) is 1. The number of hydrogen-bond donors (Lipinski definition) is 2. The Morgan fingerprint density at radius 2 is 1.67 bits per heavy atom. The lowest BCUT2D eigenvalue weighted by atomic mass is 9.81. The van der Waals surface area contributed by atoms with Crippen molar-refractivity contribution >= 4 is 34.8 Å². The normalized spacial score (nSPS) is 19.7. The fourth-order valence-electron chi connectivity index (χ4n) is 4.76. The number of carbonyl (C=O) groups is 3. The molecular formula is C24H23F3N4O5. The number of anilines is 2. The summed E-state index contributed by atoms with van der Waals surface area (Å²) in [5.74, 6) is -1.96. The number of fused-ring (bicyclic) bond motifs is 1. The molecule has 0 unspecified atom stereocenters. The minimum absolute atomic E-state index is 0.0400. The number of nitrogens with one attached hydrogen (secondary N) is 2. The van der Waals surface area contributed by atoms with Gasteiger partial charge < -0.3 is 10.6 Å². The highest BCUT2D eigenvalue weighted by atomic mass is 19.4. The number of halogens is 3. The molecule has 0 spiro atoms. The standard InChI is InChI=1S/C24H23F3N4O5/c25-24(26,27)17-7-3-4-8-18(17)29-21(32)14-9-10-19(20(13-14)31(35)36)28-11-12-30-22(33)15-5-1-2-6-16(15)23(30)34/h3-4,7-10,13,15-16,28H,1-2,5-6,11-12H2,(H,29,32)/t15-,16-/m1/s1. The van der Waals surface area contributed by atoms with Gasteiger partial charge >= 0.3 is 6.18 Å². The molecule has 190 valence electrons. The maximum absolute atomic E-state index is 13.2. The van der Waals surface area contributed by atoms with Crippen LogP contribution in [0.15, 0.2) is 42.5 Å². The maximum Gasteiger partial charge on any atom is 0.418 e. The van der Waals surface area contributed by atoms with Crippen LogP contribution in [0.3, 0.4) is 0 Å². The molecule has 2 N–H and O–H groups in total. The number of hydrogen-bond acceptors (Lipinski definition) is 6. The van der Waals surface area contributed by atoms with Crippen LogP contribution in [0, 0.1) is 22.0 Å². The zero-order valence-corrected chi connectivity index (χ0v) is 19.0. The molecule has 2 atom stereocenters. The van der Waals surface area contributed by atoms with Crippen molar-refractivity contribution in [2.75, 3.05) is 23.7 Å². The average molecular weight is 504 g/mol. The van der Waals surface area contributed by atoms with E-state index in [-0.39, 0.29) is 48.0 Å². The van der Waals surface area contributed by atoms with Gasteiger partial charge in [0.15, 0.2) is 0 Å². The molecule has 2 aromatic rings. The second kappa shape index (κ2) is 9.96. The van der Waals surface area contributed by atoms with E-state index in [4.69, 9.17) is 0 Å². The molecule has 1 saturated carbocycles. The highest BCUT2D eigenvalue weighted by molar-refractivity contribution is 6.06. The number of alkyl halides is 3. The Morgan fingerprint density at radius 1 is 1.03 bits per heavy atom. The number of nitrogens with zero attached hydrogens (tertiary/aromatic N) is 2. The Morgan fingerprint density at radius 3 is 2.28 bits per heavy atom. The van der Waals surface area contributed by atoms with E-state index < -0.39 is 33.9 Å². The summed E-state index contributed by atoms with van der Waals surface area (Å²) < 4.78 is 39.6. The smallest absolute Gasteiger partial charge is 0.378 e. The van der Waals surface area contributed by atoms with E-state index in [9.17, 15) is 37.7 Å². The third kappa shape index (κ3) is 5.02. The van der Waals surface area contributed by atoms with E-state index in [2.05, 4.69) is 10.6 Å². The first-order chi connectivity index (χ1) is 17.1. The molecule has 2 fully saturated rings. The number of imide groups is 1. The van der Waals surface area contributed by atoms with Gasteiger partial charge in [-0.1, -0.05) is 25.0 Å². The minimum atomic E-state index is -4.69. The number of nitro groups is 1. The predicted molar refractivity (Wildman–Crippen MR) is 123 cm³/mol. The second-order valence-corrected chi connectivity index (χ2v) is 8.74. The summed E-state index contributed by atoms with van der Waals surface area (Å²) in [6, 6.07) is 7.86. The quantitative estimate of drug-likeness (QED) is 0.326. The number of rotatable bonds is 7. The Kier molecular flexibility index (Phi) is 6.95. The van der Waals surface area contributed by atoms with E-state index in [0.29, 0.717) is 12.8 Å². The molecule has 3 amide bonds. The zero-order chi connectivity index (χ0) is 26.0. The molecule has 1 aliphatic carbocycles. The first kappa shape index (κ1) is 25.1. The van der Waals surface area contributed by atoms with Gasteiger partial charge in [0.2, 0.25) is 11.8 Å². The Labute approximate surface area is 203 Å². The van der Waals surface area contributed by atoms with Crippen LogP contribution < -0.4 is 10.6 Å².